The summed E-state index contributed by atoms with van der Waals surface area (Å²) in [6.07, 6.45) is 2.47. The summed E-state index contributed by atoms with van der Waals surface area (Å²) < 4.78 is 0. The number of hydrogen-bond acceptors (Lipinski definition) is 3. The van der Waals surface area contributed by atoms with Gasteiger partial charge >= 0.3 is 0 Å². The van der Waals surface area contributed by atoms with Crippen LogP contribution in [-0.2, 0) is 4.84 Å². The molecule has 0 saturated carbocycles. The smallest absolute Gasteiger partial charge is 0.143 e. The summed E-state index contributed by atoms with van der Waals surface area (Å²) in [4.78, 5) is 5.15. The van der Waals surface area contributed by atoms with Crippen molar-refractivity contribution in [3.8, 4) is 0 Å². The van der Waals surface area contributed by atoms with E-state index in [2.05, 4.69) is 12.1 Å². The van der Waals surface area contributed by atoms with Crippen molar-refractivity contribution < 1.29 is 9.94 Å². The van der Waals surface area contributed by atoms with E-state index >= 15 is 0 Å². The molecule has 0 fully saturated rings. The maximum Gasteiger partial charge on any atom is 0.143 e. The van der Waals surface area contributed by atoms with Gasteiger partial charge in [0.2, 0.25) is 0 Å². The van der Waals surface area contributed by atoms with E-state index < -0.39 is 6.10 Å². The Balaban J connectivity index is 2.34. The van der Waals surface area contributed by atoms with Crippen LogP contribution in [0.5, 0.6) is 0 Å². The van der Waals surface area contributed by atoms with Gasteiger partial charge in [-0.25, -0.2) is 0 Å². The van der Waals surface area contributed by atoms with Crippen LogP contribution in [0.25, 0.3) is 0 Å². The van der Waals surface area contributed by atoms with Gasteiger partial charge in [-0.1, -0.05) is 55.3 Å². The summed E-state index contributed by atoms with van der Waals surface area (Å²) in [7, 11) is 0. The average molecular weight is 235 g/mol. The molecule has 1 atom stereocenters. The molecule has 0 aromatic heterocycles. The molecule has 1 aromatic carbocycles. The quantitative estimate of drug-likeness (QED) is 0.583. The molecule has 0 radical (unpaired) electrons. The first-order valence-corrected chi connectivity index (χ1v) is 6.14. The number of nitrogens with zero attached hydrogens (tertiary/aromatic N) is 1. The number of unbranched alkanes of at least 4 members (excludes halogenated alkanes) is 1. The Hall–Kier alpha value is -1.35. The zero-order valence-electron chi connectivity index (χ0n) is 10.6. The molecule has 17 heavy (non-hydrogen) atoms. The molecule has 0 spiro atoms. The summed E-state index contributed by atoms with van der Waals surface area (Å²) in [5, 5.41) is 13.6. The Bertz CT molecular complexity index is 335. The van der Waals surface area contributed by atoms with Crippen molar-refractivity contribution in [2.24, 2.45) is 5.16 Å². The number of benzene rings is 1. The van der Waals surface area contributed by atoms with Gasteiger partial charge in [0.1, 0.15) is 6.61 Å². The molecule has 1 rings (SSSR count). The van der Waals surface area contributed by atoms with E-state index in [1.807, 2.05) is 37.3 Å². The Morgan fingerprint density at radius 1 is 1.35 bits per heavy atom. The number of aliphatic hydroxyl groups excluding tert-OH is 1. The van der Waals surface area contributed by atoms with Crippen LogP contribution in [0.15, 0.2) is 35.5 Å². The molecule has 0 aliphatic carbocycles. The highest BCUT2D eigenvalue weighted by molar-refractivity contribution is 5.98. The minimum atomic E-state index is -0.415. The summed E-state index contributed by atoms with van der Waals surface area (Å²) in [5.41, 5.74) is 1.86. The summed E-state index contributed by atoms with van der Waals surface area (Å²) in [6.45, 7) is 4.27. The molecule has 0 aliphatic rings. The summed E-state index contributed by atoms with van der Waals surface area (Å²) in [6, 6.07) is 9.85. The minimum absolute atomic E-state index is 0.268. The zero-order chi connectivity index (χ0) is 12.5. The molecule has 1 aromatic rings. The van der Waals surface area contributed by atoms with Gasteiger partial charge in [-0.3, -0.25) is 0 Å². The Kier molecular flexibility index (Phi) is 6.33. The van der Waals surface area contributed by atoms with E-state index in [0.717, 1.165) is 30.5 Å². The van der Waals surface area contributed by atoms with Crippen molar-refractivity contribution in [1.29, 1.82) is 0 Å². The van der Waals surface area contributed by atoms with Gasteiger partial charge in [-0.2, -0.15) is 0 Å². The molecule has 0 bridgehead atoms. The molecule has 0 aliphatic heterocycles. The van der Waals surface area contributed by atoms with Crippen LogP contribution in [0.1, 0.15) is 38.7 Å². The molecular formula is C14H21NO2. The van der Waals surface area contributed by atoms with E-state index in [1.54, 1.807) is 0 Å². The summed E-state index contributed by atoms with van der Waals surface area (Å²) in [5.74, 6) is 0. The van der Waals surface area contributed by atoms with Gasteiger partial charge in [-0.15, -0.1) is 0 Å². The van der Waals surface area contributed by atoms with Crippen LogP contribution >= 0.6 is 0 Å². The first kappa shape index (κ1) is 13.7. The standard InChI is InChI=1S/C14H21NO2/c1-3-4-10-14(16)11-17-15-12(2)13-8-6-5-7-9-13/h5-9,14,16H,3-4,10-11H2,1-2H3/b15-12+. The molecule has 1 unspecified atom stereocenters. The maximum absolute atomic E-state index is 9.57. The van der Waals surface area contributed by atoms with Crippen molar-refractivity contribution in [2.45, 2.75) is 39.2 Å². The van der Waals surface area contributed by atoms with Crippen molar-refractivity contribution >= 4 is 5.71 Å². The highest BCUT2D eigenvalue weighted by Gasteiger charge is 2.03. The lowest BCUT2D eigenvalue weighted by Crippen LogP contribution is -2.13. The van der Waals surface area contributed by atoms with E-state index in [-0.39, 0.29) is 6.61 Å². The van der Waals surface area contributed by atoms with Crippen molar-refractivity contribution in [2.75, 3.05) is 6.61 Å². The number of aliphatic hydroxyl groups is 1. The second-order valence-electron chi connectivity index (χ2n) is 4.13. The first-order chi connectivity index (χ1) is 8.24. The van der Waals surface area contributed by atoms with Crippen LogP contribution in [-0.4, -0.2) is 23.5 Å². The predicted octanol–water partition coefficient (Wildman–Crippen LogP) is 2.98. The van der Waals surface area contributed by atoms with Crippen LogP contribution < -0.4 is 0 Å². The SMILES string of the molecule is CCCCC(O)CO/N=C(\C)c1ccccc1. The lowest BCUT2D eigenvalue weighted by Gasteiger charge is -2.08. The van der Waals surface area contributed by atoms with Gasteiger partial charge in [0.05, 0.1) is 11.8 Å². The van der Waals surface area contributed by atoms with Crippen LogP contribution in [0.2, 0.25) is 0 Å². The van der Waals surface area contributed by atoms with Crippen molar-refractivity contribution in [3.05, 3.63) is 35.9 Å². The lowest BCUT2D eigenvalue weighted by molar-refractivity contribution is 0.0346. The molecule has 1 N–H and O–H groups in total. The zero-order valence-corrected chi connectivity index (χ0v) is 10.6. The Labute approximate surface area is 103 Å². The lowest BCUT2D eigenvalue weighted by atomic mass is 10.1. The molecule has 0 amide bonds. The second-order valence-corrected chi connectivity index (χ2v) is 4.13. The monoisotopic (exact) mass is 235 g/mol. The molecule has 3 nitrogen and oxygen atoms in total. The number of oxime groups is 1. The molecular weight excluding hydrogens is 214 g/mol. The van der Waals surface area contributed by atoms with E-state index in [1.165, 1.54) is 0 Å². The molecule has 0 heterocycles. The van der Waals surface area contributed by atoms with E-state index in [0.29, 0.717) is 0 Å². The number of rotatable bonds is 7. The fourth-order valence-corrected chi connectivity index (χ4v) is 1.48. The van der Waals surface area contributed by atoms with Crippen molar-refractivity contribution in [1.82, 2.24) is 0 Å². The normalized spacial score (nSPS) is 13.5. The number of hydrogen-bond donors (Lipinski definition) is 1. The molecule has 94 valence electrons. The second kappa shape index (κ2) is 7.85. The fraction of sp³-hybridized carbons (Fsp3) is 0.500. The van der Waals surface area contributed by atoms with E-state index in [4.69, 9.17) is 4.84 Å². The highest BCUT2D eigenvalue weighted by atomic mass is 16.6. The predicted molar refractivity (Wildman–Crippen MR) is 70.1 cm³/mol. The molecule has 0 saturated heterocycles. The third-order valence-corrected chi connectivity index (χ3v) is 2.55. The first-order valence-electron chi connectivity index (χ1n) is 6.14. The van der Waals surface area contributed by atoms with Crippen LogP contribution in [0.3, 0.4) is 0 Å². The van der Waals surface area contributed by atoms with Gasteiger partial charge in [0, 0.05) is 0 Å². The van der Waals surface area contributed by atoms with Gasteiger partial charge in [0.15, 0.2) is 0 Å². The highest BCUT2D eigenvalue weighted by Crippen LogP contribution is 2.03. The minimum Gasteiger partial charge on any atom is -0.393 e. The van der Waals surface area contributed by atoms with Crippen LogP contribution in [0.4, 0.5) is 0 Å². The summed E-state index contributed by atoms with van der Waals surface area (Å²) >= 11 is 0. The van der Waals surface area contributed by atoms with Gasteiger partial charge < -0.3 is 9.94 Å². The largest absolute Gasteiger partial charge is 0.393 e. The van der Waals surface area contributed by atoms with Crippen LogP contribution in [0, 0.1) is 0 Å². The maximum atomic E-state index is 9.57. The Morgan fingerprint density at radius 3 is 2.71 bits per heavy atom. The van der Waals surface area contributed by atoms with Gasteiger partial charge in [-0.05, 0) is 18.9 Å². The average Bonchev–Trinajstić information content (AvgIpc) is 2.37. The third-order valence-electron chi connectivity index (χ3n) is 2.55. The van der Waals surface area contributed by atoms with E-state index in [9.17, 15) is 5.11 Å². The topological polar surface area (TPSA) is 41.8 Å². The third kappa shape index (κ3) is 5.50. The fourth-order valence-electron chi connectivity index (χ4n) is 1.48. The van der Waals surface area contributed by atoms with Gasteiger partial charge in [0.25, 0.3) is 0 Å². The molecule has 3 heteroatoms. The van der Waals surface area contributed by atoms with Crippen molar-refractivity contribution in [3.63, 3.8) is 0 Å². The Morgan fingerprint density at radius 2 is 2.06 bits per heavy atom.